The first kappa shape index (κ1) is 9.78. The van der Waals surface area contributed by atoms with E-state index in [0.29, 0.717) is 5.41 Å². The number of nitrogens with zero attached hydrogens (tertiary/aromatic N) is 1. The molecule has 0 aromatic carbocycles. The van der Waals surface area contributed by atoms with Crippen molar-refractivity contribution in [2.45, 2.75) is 19.8 Å². The molecule has 1 aromatic heterocycles. The summed E-state index contributed by atoms with van der Waals surface area (Å²) >= 11 is 5.89. The maximum absolute atomic E-state index is 5.89. The van der Waals surface area contributed by atoms with Crippen molar-refractivity contribution in [3.8, 4) is 0 Å². The van der Waals surface area contributed by atoms with E-state index >= 15 is 0 Å². The van der Waals surface area contributed by atoms with Crippen LogP contribution in [0.25, 0.3) is 0 Å². The number of aromatic nitrogens is 1. The highest BCUT2D eigenvalue weighted by atomic mass is 35.5. The lowest BCUT2D eigenvalue weighted by Gasteiger charge is -2.12. The van der Waals surface area contributed by atoms with Crippen molar-refractivity contribution in [3.63, 3.8) is 0 Å². The van der Waals surface area contributed by atoms with Gasteiger partial charge in [0, 0.05) is 24.0 Å². The van der Waals surface area contributed by atoms with Gasteiger partial charge >= 0.3 is 0 Å². The van der Waals surface area contributed by atoms with Crippen LogP contribution in [0.4, 0.5) is 5.82 Å². The smallest absolute Gasteiger partial charge is 0.125 e. The third-order valence-electron chi connectivity index (χ3n) is 2.80. The number of rotatable bonds is 4. The first-order valence-corrected chi connectivity index (χ1v) is 5.50. The van der Waals surface area contributed by atoms with E-state index in [1.54, 1.807) is 0 Å². The lowest BCUT2D eigenvalue weighted by molar-refractivity contribution is 0.617. The third kappa shape index (κ3) is 2.18. The molecular weight excluding hydrogens is 196 g/mol. The quantitative estimate of drug-likeness (QED) is 0.774. The number of pyridine rings is 1. The van der Waals surface area contributed by atoms with E-state index in [-0.39, 0.29) is 0 Å². The lowest BCUT2D eigenvalue weighted by atomic mass is 10.1. The fraction of sp³-hybridized carbons (Fsp3) is 0.545. The van der Waals surface area contributed by atoms with Gasteiger partial charge in [-0.2, -0.15) is 0 Å². The molecule has 3 heteroatoms. The molecular formula is C11H15ClN2. The molecule has 1 aliphatic carbocycles. The summed E-state index contributed by atoms with van der Waals surface area (Å²) in [5.74, 6) is 1.71. The fourth-order valence-electron chi connectivity index (χ4n) is 1.38. The minimum atomic E-state index is 0.355. The molecule has 0 spiro atoms. The van der Waals surface area contributed by atoms with E-state index in [4.69, 9.17) is 11.6 Å². The fourth-order valence-corrected chi connectivity index (χ4v) is 1.75. The summed E-state index contributed by atoms with van der Waals surface area (Å²) in [6, 6.07) is 4.08. The van der Waals surface area contributed by atoms with E-state index in [0.717, 1.165) is 18.2 Å². The van der Waals surface area contributed by atoms with E-state index in [1.807, 2.05) is 19.2 Å². The van der Waals surface area contributed by atoms with Gasteiger partial charge in [0.15, 0.2) is 0 Å². The Morgan fingerprint density at radius 3 is 2.79 bits per heavy atom. The maximum Gasteiger partial charge on any atom is 0.125 e. The van der Waals surface area contributed by atoms with Crippen LogP contribution >= 0.6 is 11.6 Å². The maximum atomic E-state index is 5.89. The van der Waals surface area contributed by atoms with Gasteiger partial charge in [-0.3, -0.25) is 0 Å². The molecule has 1 heterocycles. The Labute approximate surface area is 89.7 Å². The SMILES string of the molecule is Cc1ccc(NCC2(CCl)CC2)nc1. The van der Waals surface area contributed by atoms with Gasteiger partial charge in [0.2, 0.25) is 0 Å². The van der Waals surface area contributed by atoms with E-state index in [2.05, 4.69) is 16.4 Å². The van der Waals surface area contributed by atoms with Crippen LogP contribution < -0.4 is 5.32 Å². The highest BCUT2D eigenvalue weighted by Crippen LogP contribution is 2.46. The van der Waals surface area contributed by atoms with Gasteiger partial charge in [-0.05, 0) is 31.4 Å². The molecule has 1 aliphatic rings. The van der Waals surface area contributed by atoms with Crippen molar-refractivity contribution in [3.05, 3.63) is 23.9 Å². The summed E-state index contributed by atoms with van der Waals surface area (Å²) < 4.78 is 0. The number of halogens is 1. The van der Waals surface area contributed by atoms with Crippen molar-refractivity contribution < 1.29 is 0 Å². The van der Waals surface area contributed by atoms with Crippen LogP contribution in [0.3, 0.4) is 0 Å². The Morgan fingerprint density at radius 1 is 1.50 bits per heavy atom. The molecule has 0 unspecified atom stereocenters. The molecule has 0 amide bonds. The van der Waals surface area contributed by atoms with Crippen molar-refractivity contribution >= 4 is 17.4 Å². The monoisotopic (exact) mass is 210 g/mol. The molecule has 2 nitrogen and oxygen atoms in total. The molecule has 1 aromatic rings. The molecule has 0 saturated heterocycles. The second-order valence-corrected chi connectivity index (χ2v) is 4.48. The summed E-state index contributed by atoms with van der Waals surface area (Å²) in [6.45, 7) is 2.99. The normalized spacial score (nSPS) is 17.9. The molecule has 1 fully saturated rings. The molecule has 1 N–H and O–H groups in total. The predicted molar refractivity (Wildman–Crippen MR) is 59.9 cm³/mol. The summed E-state index contributed by atoms with van der Waals surface area (Å²) in [7, 11) is 0. The number of hydrogen-bond donors (Lipinski definition) is 1. The van der Waals surface area contributed by atoms with Crippen LogP contribution in [0.2, 0.25) is 0 Å². The average molecular weight is 211 g/mol. The zero-order valence-electron chi connectivity index (χ0n) is 8.39. The second kappa shape index (κ2) is 3.77. The first-order valence-electron chi connectivity index (χ1n) is 4.97. The second-order valence-electron chi connectivity index (χ2n) is 4.21. The van der Waals surface area contributed by atoms with Gasteiger partial charge in [0.05, 0.1) is 0 Å². The van der Waals surface area contributed by atoms with Gasteiger partial charge in [-0.1, -0.05) is 6.07 Å². The molecule has 2 rings (SSSR count). The minimum Gasteiger partial charge on any atom is -0.369 e. The molecule has 0 atom stereocenters. The molecule has 0 radical (unpaired) electrons. The third-order valence-corrected chi connectivity index (χ3v) is 3.36. The molecule has 14 heavy (non-hydrogen) atoms. The summed E-state index contributed by atoms with van der Waals surface area (Å²) in [5.41, 5.74) is 1.54. The Bertz CT molecular complexity index is 304. The van der Waals surface area contributed by atoms with Gasteiger partial charge in [-0.25, -0.2) is 4.98 Å². The number of anilines is 1. The van der Waals surface area contributed by atoms with Crippen LogP contribution in [-0.2, 0) is 0 Å². The van der Waals surface area contributed by atoms with E-state index < -0.39 is 0 Å². The van der Waals surface area contributed by atoms with Gasteiger partial charge in [-0.15, -0.1) is 11.6 Å². The van der Waals surface area contributed by atoms with Crippen LogP contribution in [0.15, 0.2) is 18.3 Å². The number of alkyl halides is 1. The zero-order valence-corrected chi connectivity index (χ0v) is 9.14. The highest BCUT2D eigenvalue weighted by Gasteiger charge is 2.41. The first-order chi connectivity index (χ1) is 6.74. The lowest BCUT2D eigenvalue weighted by Crippen LogP contribution is -2.17. The Hall–Kier alpha value is -0.760. The number of aryl methyl sites for hydroxylation is 1. The Balaban J connectivity index is 1.89. The van der Waals surface area contributed by atoms with Gasteiger partial charge in [0.25, 0.3) is 0 Å². The largest absolute Gasteiger partial charge is 0.369 e. The van der Waals surface area contributed by atoms with E-state index in [1.165, 1.54) is 18.4 Å². The van der Waals surface area contributed by atoms with Gasteiger partial charge < -0.3 is 5.32 Å². The molecule has 0 aliphatic heterocycles. The number of nitrogens with one attached hydrogen (secondary N) is 1. The highest BCUT2D eigenvalue weighted by molar-refractivity contribution is 6.18. The van der Waals surface area contributed by atoms with Crippen LogP contribution in [0.1, 0.15) is 18.4 Å². The summed E-state index contributed by atoms with van der Waals surface area (Å²) in [5, 5.41) is 3.33. The molecule has 76 valence electrons. The zero-order chi connectivity index (χ0) is 10.0. The number of hydrogen-bond acceptors (Lipinski definition) is 2. The van der Waals surface area contributed by atoms with Crippen LogP contribution in [0, 0.1) is 12.3 Å². The summed E-state index contributed by atoms with van der Waals surface area (Å²) in [6.07, 6.45) is 4.37. The van der Waals surface area contributed by atoms with Crippen LogP contribution in [-0.4, -0.2) is 17.4 Å². The Morgan fingerprint density at radius 2 is 2.29 bits per heavy atom. The molecule has 0 bridgehead atoms. The van der Waals surface area contributed by atoms with Crippen molar-refractivity contribution in [1.29, 1.82) is 0 Å². The average Bonchev–Trinajstić information content (AvgIpc) is 2.98. The Kier molecular flexibility index (Phi) is 2.64. The van der Waals surface area contributed by atoms with Crippen LogP contribution in [0.5, 0.6) is 0 Å². The van der Waals surface area contributed by atoms with Gasteiger partial charge in [0.1, 0.15) is 5.82 Å². The van der Waals surface area contributed by atoms with Crippen molar-refractivity contribution in [2.75, 3.05) is 17.7 Å². The topological polar surface area (TPSA) is 24.9 Å². The van der Waals surface area contributed by atoms with E-state index in [9.17, 15) is 0 Å². The minimum absolute atomic E-state index is 0.355. The van der Waals surface area contributed by atoms with Crippen molar-refractivity contribution in [2.24, 2.45) is 5.41 Å². The predicted octanol–water partition coefficient (Wildman–Crippen LogP) is 2.82. The standard InChI is InChI=1S/C11H15ClN2/c1-9-2-3-10(13-6-9)14-8-11(7-12)4-5-11/h2-3,6H,4-5,7-8H2,1H3,(H,13,14). The molecule has 1 saturated carbocycles. The van der Waals surface area contributed by atoms with Crippen molar-refractivity contribution in [1.82, 2.24) is 4.98 Å². The summed E-state index contributed by atoms with van der Waals surface area (Å²) in [4.78, 5) is 4.29.